The molecular formula is C22H34O5. The average Bonchev–Trinajstić information content (AvgIpc) is 2.57. The molecule has 0 aliphatic heterocycles. The molecule has 0 aromatic carbocycles. The smallest absolute Gasteiger partial charge is 0.303 e. The van der Waals surface area contributed by atoms with Crippen molar-refractivity contribution < 1.29 is 24.2 Å². The van der Waals surface area contributed by atoms with Crippen LogP contribution in [0.25, 0.3) is 0 Å². The van der Waals surface area contributed by atoms with Crippen LogP contribution in [0.4, 0.5) is 0 Å². The highest BCUT2D eigenvalue weighted by Gasteiger charge is 2.52. The molecule has 2 aliphatic carbocycles. The highest BCUT2D eigenvalue weighted by atomic mass is 16.5. The molecule has 0 aromatic heterocycles. The van der Waals surface area contributed by atoms with Crippen LogP contribution >= 0.6 is 0 Å². The molecule has 2 rings (SSSR count). The minimum absolute atomic E-state index is 0.0839. The van der Waals surface area contributed by atoms with Gasteiger partial charge >= 0.3 is 11.9 Å². The Balaban J connectivity index is 2.27. The summed E-state index contributed by atoms with van der Waals surface area (Å²) in [5.41, 5.74) is 0.649. The van der Waals surface area contributed by atoms with Crippen LogP contribution in [0.15, 0.2) is 11.6 Å². The number of hydrogen-bond acceptors (Lipinski definition) is 4. The van der Waals surface area contributed by atoms with Crippen LogP contribution in [0.5, 0.6) is 0 Å². The van der Waals surface area contributed by atoms with Crippen molar-refractivity contribution >= 4 is 17.7 Å². The Bertz CT molecular complexity index is 637. The maximum atomic E-state index is 12.8. The number of esters is 1. The Morgan fingerprint density at radius 1 is 1.37 bits per heavy atom. The molecular weight excluding hydrogens is 344 g/mol. The van der Waals surface area contributed by atoms with Crippen molar-refractivity contribution in [3.63, 3.8) is 0 Å². The number of ether oxygens (including phenoxy) is 1. The second kappa shape index (κ2) is 8.15. The second-order valence-corrected chi connectivity index (χ2v) is 9.26. The Labute approximate surface area is 162 Å². The van der Waals surface area contributed by atoms with E-state index in [-0.39, 0.29) is 46.8 Å². The zero-order valence-corrected chi connectivity index (χ0v) is 17.3. The van der Waals surface area contributed by atoms with E-state index in [9.17, 15) is 14.4 Å². The minimum Gasteiger partial charge on any atom is -0.481 e. The number of carboxylic acid groups (broad SMARTS) is 1. The fraction of sp³-hybridized carbons (Fsp3) is 0.773. The molecule has 0 spiro atoms. The van der Waals surface area contributed by atoms with Gasteiger partial charge in [0.15, 0.2) is 5.78 Å². The van der Waals surface area contributed by atoms with Gasteiger partial charge in [-0.15, -0.1) is 0 Å². The maximum absolute atomic E-state index is 12.8. The standard InChI is InChI=1S/C22H34O5/c1-14(11-20(25)26)8-10-22(5)15(2)19(24)12-18-17(22)7-6-9-21(18,4)13-27-16(3)23/h12,14-15,17H,6-11,13H2,1-5H3,(H,25,26)/t14-,15+,17-,21+,22-/m1/s1. The third kappa shape index (κ3) is 4.61. The van der Waals surface area contributed by atoms with E-state index < -0.39 is 5.97 Å². The van der Waals surface area contributed by atoms with Gasteiger partial charge in [-0.2, -0.15) is 0 Å². The van der Waals surface area contributed by atoms with Crippen LogP contribution < -0.4 is 0 Å². The lowest BCUT2D eigenvalue weighted by molar-refractivity contribution is -0.144. The highest BCUT2D eigenvalue weighted by molar-refractivity contribution is 5.94. The molecule has 2 aliphatic rings. The largest absolute Gasteiger partial charge is 0.481 e. The molecule has 27 heavy (non-hydrogen) atoms. The van der Waals surface area contributed by atoms with Crippen molar-refractivity contribution in [1.82, 2.24) is 0 Å². The van der Waals surface area contributed by atoms with E-state index >= 15 is 0 Å². The first-order valence-corrected chi connectivity index (χ1v) is 10.1. The summed E-state index contributed by atoms with van der Waals surface area (Å²) in [6, 6.07) is 0. The number of hydrogen-bond donors (Lipinski definition) is 1. The zero-order valence-electron chi connectivity index (χ0n) is 17.3. The van der Waals surface area contributed by atoms with Crippen molar-refractivity contribution in [3.05, 3.63) is 11.6 Å². The predicted molar refractivity (Wildman–Crippen MR) is 103 cm³/mol. The van der Waals surface area contributed by atoms with Crippen LogP contribution in [0.3, 0.4) is 0 Å². The molecule has 0 bridgehead atoms. The number of carbonyl (C=O) groups is 3. The fourth-order valence-corrected chi connectivity index (χ4v) is 5.05. The van der Waals surface area contributed by atoms with Gasteiger partial charge in [-0.05, 0) is 49.0 Å². The van der Waals surface area contributed by atoms with Crippen molar-refractivity contribution in [1.29, 1.82) is 0 Å². The number of carbonyl (C=O) groups excluding carboxylic acids is 2. The highest BCUT2D eigenvalue weighted by Crippen LogP contribution is 2.57. The summed E-state index contributed by atoms with van der Waals surface area (Å²) in [6.07, 6.45) is 6.60. The van der Waals surface area contributed by atoms with Gasteiger partial charge in [0.1, 0.15) is 6.61 Å². The summed E-state index contributed by atoms with van der Waals surface area (Å²) in [4.78, 5) is 35.2. The molecule has 152 valence electrons. The number of fused-ring (bicyclic) bond motifs is 1. The third-order valence-corrected chi connectivity index (χ3v) is 7.10. The lowest BCUT2D eigenvalue weighted by Gasteiger charge is -2.53. The van der Waals surface area contributed by atoms with Crippen LogP contribution in [0.1, 0.15) is 73.1 Å². The van der Waals surface area contributed by atoms with E-state index in [1.165, 1.54) is 6.92 Å². The molecule has 5 atom stereocenters. The zero-order chi connectivity index (χ0) is 20.4. The Kier molecular flexibility index (Phi) is 6.54. The van der Waals surface area contributed by atoms with E-state index in [1.54, 1.807) is 0 Å². The van der Waals surface area contributed by atoms with Gasteiger partial charge in [-0.1, -0.05) is 39.7 Å². The lowest BCUT2D eigenvalue weighted by Crippen LogP contribution is -2.48. The summed E-state index contributed by atoms with van der Waals surface area (Å²) in [5.74, 6) is -0.638. The molecule has 1 fully saturated rings. The monoisotopic (exact) mass is 378 g/mol. The Morgan fingerprint density at radius 3 is 2.63 bits per heavy atom. The van der Waals surface area contributed by atoms with E-state index in [0.717, 1.165) is 37.7 Å². The average molecular weight is 379 g/mol. The summed E-state index contributed by atoms with van der Waals surface area (Å²) in [7, 11) is 0. The number of ketones is 1. The molecule has 1 saturated carbocycles. The first kappa shape index (κ1) is 21.6. The van der Waals surface area contributed by atoms with Gasteiger partial charge in [0, 0.05) is 24.7 Å². The summed E-state index contributed by atoms with van der Waals surface area (Å²) < 4.78 is 5.35. The van der Waals surface area contributed by atoms with Crippen molar-refractivity contribution in [3.8, 4) is 0 Å². The number of carboxylic acids is 1. The van der Waals surface area contributed by atoms with Crippen molar-refractivity contribution in [2.45, 2.75) is 73.1 Å². The SMILES string of the molecule is CC(=O)OC[C@]1(C)CCC[C@@H]2C1=CC(=O)[C@H](C)[C@@]2(C)CC[C@@H](C)CC(=O)O. The molecule has 5 heteroatoms. The van der Waals surface area contributed by atoms with Gasteiger partial charge in [-0.25, -0.2) is 0 Å². The molecule has 5 nitrogen and oxygen atoms in total. The third-order valence-electron chi connectivity index (χ3n) is 7.10. The van der Waals surface area contributed by atoms with Crippen LogP contribution in [0.2, 0.25) is 0 Å². The quantitative estimate of drug-likeness (QED) is 0.664. The summed E-state index contributed by atoms with van der Waals surface area (Å²) in [6.45, 7) is 10.0. The molecule has 0 saturated heterocycles. The fourth-order valence-electron chi connectivity index (χ4n) is 5.05. The molecule has 1 N–H and O–H groups in total. The first-order chi connectivity index (χ1) is 12.5. The Hall–Kier alpha value is -1.65. The van der Waals surface area contributed by atoms with Gasteiger partial charge in [0.05, 0.1) is 0 Å². The predicted octanol–water partition coefficient (Wildman–Crippen LogP) is 4.40. The summed E-state index contributed by atoms with van der Waals surface area (Å²) >= 11 is 0. The lowest BCUT2D eigenvalue weighted by atomic mass is 9.51. The molecule has 0 heterocycles. The van der Waals surface area contributed by atoms with E-state index in [4.69, 9.17) is 9.84 Å². The van der Waals surface area contributed by atoms with E-state index in [2.05, 4.69) is 13.8 Å². The van der Waals surface area contributed by atoms with Crippen molar-refractivity contribution in [2.75, 3.05) is 6.61 Å². The minimum atomic E-state index is -0.771. The van der Waals surface area contributed by atoms with E-state index in [1.807, 2.05) is 19.9 Å². The maximum Gasteiger partial charge on any atom is 0.303 e. The van der Waals surface area contributed by atoms with Crippen LogP contribution in [0, 0.1) is 28.6 Å². The number of aliphatic carboxylic acids is 1. The van der Waals surface area contributed by atoms with Gasteiger partial charge in [0.25, 0.3) is 0 Å². The van der Waals surface area contributed by atoms with Gasteiger partial charge in [0.2, 0.25) is 0 Å². The first-order valence-electron chi connectivity index (χ1n) is 10.1. The van der Waals surface area contributed by atoms with Gasteiger partial charge < -0.3 is 9.84 Å². The van der Waals surface area contributed by atoms with Crippen LogP contribution in [-0.2, 0) is 19.1 Å². The summed E-state index contributed by atoms with van der Waals surface area (Å²) in [5, 5.41) is 9.03. The molecule has 0 amide bonds. The van der Waals surface area contributed by atoms with E-state index in [0.29, 0.717) is 6.61 Å². The topological polar surface area (TPSA) is 80.7 Å². The van der Waals surface area contributed by atoms with Gasteiger partial charge in [-0.3, -0.25) is 14.4 Å². The second-order valence-electron chi connectivity index (χ2n) is 9.26. The van der Waals surface area contributed by atoms with Crippen LogP contribution in [-0.4, -0.2) is 29.4 Å². The number of allylic oxidation sites excluding steroid dienone is 1. The molecule has 0 aromatic rings. The number of rotatable bonds is 7. The normalized spacial score (nSPS) is 34.4. The molecule has 0 unspecified atom stereocenters. The van der Waals surface area contributed by atoms with Crippen molar-refractivity contribution in [2.24, 2.45) is 28.6 Å². The Morgan fingerprint density at radius 2 is 2.04 bits per heavy atom. The molecule has 0 radical (unpaired) electrons.